The molecule has 0 amide bonds. The Bertz CT molecular complexity index is 544. The van der Waals surface area contributed by atoms with Gasteiger partial charge in [0.25, 0.3) is 10.0 Å². The summed E-state index contributed by atoms with van der Waals surface area (Å²) < 4.78 is 32.8. The molecule has 1 aliphatic heterocycles. The SMILES string of the molecule is CC1CN(S(=O)(=O)c2cc(Cl)c(Br)s2)CC(CCl)O1. The fourth-order valence-corrected chi connectivity index (χ4v) is 6.14. The van der Waals surface area contributed by atoms with Crippen molar-refractivity contribution in [3.63, 3.8) is 0 Å². The quantitative estimate of drug-likeness (QED) is 0.721. The van der Waals surface area contributed by atoms with E-state index < -0.39 is 10.0 Å². The summed E-state index contributed by atoms with van der Waals surface area (Å²) in [5.74, 6) is 0.269. The second kappa shape index (κ2) is 6.17. The fourth-order valence-electron chi connectivity index (χ4n) is 1.87. The van der Waals surface area contributed by atoms with Crippen LogP contribution in [0.25, 0.3) is 0 Å². The van der Waals surface area contributed by atoms with Crippen molar-refractivity contribution in [1.82, 2.24) is 4.31 Å². The Hall–Kier alpha value is 0.630. The topological polar surface area (TPSA) is 46.6 Å². The molecule has 0 saturated carbocycles. The van der Waals surface area contributed by atoms with E-state index in [4.69, 9.17) is 27.9 Å². The highest BCUT2D eigenvalue weighted by Crippen LogP contribution is 2.36. The Kier molecular flexibility index (Phi) is 5.20. The van der Waals surface area contributed by atoms with Gasteiger partial charge in [-0.25, -0.2) is 8.42 Å². The molecule has 19 heavy (non-hydrogen) atoms. The number of nitrogens with zero attached hydrogens (tertiary/aromatic N) is 1. The van der Waals surface area contributed by atoms with E-state index in [1.54, 1.807) is 0 Å². The highest BCUT2D eigenvalue weighted by atomic mass is 79.9. The Morgan fingerprint density at radius 3 is 2.79 bits per heavy atom. The molecule has 0 radical (unpaired) electrons. The minimum absolute atomic E-state index is 0.175. The van der Waals surface area contributed by atoms with E-state index >= 15 is 0 Å². The maximum Gasteiger partial charge on any atom is 0.252 e. The van der Waals surface area contributed by atoms with E-state index in [0.29, 0.717) is 15.4 Å². The van der Waals surface area contributed by atoms with Crippen molar-refractivity contribution in [2.75, 3.05) is 19.0 Å². The van der Waals surface area contributed by atoms with Crippen LogP contribution in [0.5, 0.6) is 0 Å². The Morgan fingerprint density at radius 1 is 1.58 bits per heavy atom. The van der Waals surface area contributed by atoms with Gasteiger partial charge in [0.05, 0.1) is 21.0 Å². The van der Waals surface area contributed by atoms with Crippen molar-refractivity contribution >= 4 is 60.5 Å². The Labute approximate surface area is 134 Å². The second-order valence-corrected chi connectivity index (χ2v) is 9.48. The van der Waals surface area contributed by atoms with Crippen LogP contribution in [0.4, 0.5) is 0 Å². The van der Waals surface area contributed by atoms with Crippen LogP contribution in [0, 0.1) is 0 Å². The van der Waals surface area contributed by atoms with Gasteiger partial charge in [-0.1, -0.05) is 11.6 Å². The number of thiophene rings is 1. The molecule has 2 rings (SSSR count). The van der Waals surface area contributed by atoms with Crippen molar-refractivity contribution < 1.29 is 13.2 Å². The number of ether oxygens (including phenoxy) is 1. The molecule has 1 aromatic rings. The lowest BCUT2D eigenvalue weighted by Gasteiger charge is -2.34. The number of sulfonamides is 1. The lowest BCUT2D eigenvalue weighted by Crippen LogP contribution is -2.49. The molecule has 1 aliphatic rings. The second-order valence-electron chi connectivity index (χ2n) is 4.23. The zero-order chi connectivity index (χ0) is 14.2. The van der Waals surface area contributed by atoms with Gasteiger partial charge in [-0.2, -0.15) is 4.31 Å². The van der Waals surface area contributed by atoms with E-state index in [1.807, 2.05) is 6.92 Å². The zero-order valence-electron chi connectivity index (χ0n) is 9.98. The molecule has 0 aliphatic carbocycles. The van der Waals surface area contributed by atoms with Crippen LogP contribution in [0.15, 0.2) is 14.1 Å². The van der Waals surface area contributed by atoms with Gasteiger partial charge in [0, 0.05) is 19.0 Å². The third kappa shape index (κ3) is 3.45. The molecular weight excluding hydrogens is 397 g/mol. The van der Waals surface area contributed by atoms with Crippen LogP contribution >= 0.6 is 50.5 Å². The first-order valence-corrected chi connectivity index (χ1v) is 9.47. The average Bonchev–Trinajstić information content (AvgIpc) is 2.69. The first-order chi connectivity index (χ1) is 8.84. The molecule has 2 atom stereocenters. The first-order valence-electron chi connectivity index (χ1n) is 5.51. The average molecular weight is 409 g/mol. The maximum atomic E-state index is 12.5. The van der Waals surface area contributed by atoms with Gasteiger partial charge >= 0.3 is 0 Å². The molecule has 2 heterocycles. The van der Waals surface area contributed by atoms with Crippen molar-refractivity contribution in [3.05, 3.63) is 14.9 Å². The Morgan fingerprint density at radius 2 is 2.26 bits per heavy atom. The third-order valence-corrected chi connectivity index (χ3v) is 7.78. The molecule has 4 nitrogen and oxygen atoms in total. The monoisotopic (exact) mass is 407 g/mol. The van der Waals surface area contributed by atoms with Crippen LogP contribution in [0.3, 0.4) is 0 Å². The summed E-state index contributed by atoms with van der Waals surface area (Å²) in [7, 11) is -3.54. The van der Waals surface area contributed by atoms with Crippen molar-refractivity contribution in [2.24, 2.45) is 0 Å². The number of halogens is 3. The summed E-state index contributed by atoms with van der Waals surface area (Å²) >= 11 is 16.0. The molecule has 0 spiro atoms. The van der Waals surface area contributed by atoms with Crippen LogP contribution in [0.1, 0.15) is 6.92 Å². The number of hydrogen-bond acceptors (Lipinski definition) is 4. The van der Waals surface area contributed by atoms with Gasteiger partial charge in [0.2, 0.25) is 0 Å². The van der Waals surface area contributed by atoms with Crippen LogP contribution in [0.2, 0.25) is 5.02 Å². The summed E-state index contributed by atoms with van der Waals surface area (Å²) in [4.78, 5) is 0. The number of hydrogen-bond donors (Lipinski definition) is 0. The molecule has 0 N–H and O–H groups in total. The van der Waals surface area contributed by atoms with Gasteiger partial charge in [0.15, 0.2) is 0 Å². The van der Waals surface area contributed by atoms with E-state index in [-0.39, 0.29) is 28.8 Å². The summed E-state index contributed by atoms with van der Waals surface area (Å²) in [5, 5.41) is 0.402. The van der Waals surface area contributed by atoms with E-state index in [2.05, 4.69) is 15.9 Å². The summed E-state index contributed by atoms with van der Waals surface area (Å²) in [6.45, 7) is 2.42. The third-order valence-electron chi connectivity index (χ3n) is 2.68. The van der Waals surface area contributed by atoms with Crippen LogP contribution in [-0.4, -0.2) is 43.9 Å². The molecule has 0 aromatic carbocycles. The maximum absolute atomic E-state index is 12.5. The summed E-state index contributed by atoms with van der Waals surface area (Å²) in [5.41, 5.74) is 0. The number of alkyl halides is 1. The fraction of sp³-hybridized carbons (Fsp3) is 0.600. The molecule has 0 bridgehead atoms. The van der Waals surface area contributed by atoms with Crippen molar-refractivity contribution in [3.8, 4) is 0 Å². The first kappa shape index (κ1) is 16.0. The number of morpholine rings is 1. The van der Waals surface area contributed by atoms with Gasteiger partial charge in [0.1, 0.15) is 4.21 Å². The summed E-state index contributed by atoms with van der Waals surface area (Å²) in [6, 6.07) is 1.46. The minimum atomic E-state index is -3.54. The predicted molar refractivity (Wildman–Crippen MR) is 80.8 cm³/mol. The molecule has 9 heteroatoms. The molecule has 1 aromatic heterocycles. The zero-order valence-corrected chi connectivity index (χ0v) is 14.7. The van der Waals surface area contributed by atoms with Gasteiger partial charge in [-0.3, -0.25) is 0 Å². The van der Waals surface area contributed by atoms with E-state index in [9.17, 15) is 8.42 Å². The Balaban J connectivity index is 2.28. The minimum Gasteiger partial charge on any atom is -0.371 e. The van der Waals surface area contributed by atoms with E-state index in [1.165, 1.54) is 10.4 Å². The predicted octanol–water partition coefficient (Wildman–Crippen LogP) is 3.18. The molecule has 1 fully saturated rings. The molecule has 108 valence electrons. The van der Waals surface area contributed by atoms with Crippen LogP contribution in [-0.2, 0) is 14.8 Å². The van der Waals surface area contributed by atoms with Gasteiger partial charge in [-0.15, -0.1) is 22.9 Å². The van der Waals surface area contributed by atoms with Crippen molar-refractivity contribution in [1.29, 1.82) is 0 Å². The normalized spacial score (nSPS) is 25.7. The standard InChI is InChI=1S/C10H12BrCl2NO3S2/c1-6-4-14(5-7(3-12)17-6)19(15,16)9-2-8(13)10(11)18-9/h2,6-7H,3-5H2,1H3. The highest BCUT2D eigenvalue weighted by Gasteiger charge is 2.34. The van der Waals surface area contributed by atoms with E-state index in [0.717, 1.165) is 11.3 Å². The molecular formula is C10H12BrCl2NO3S2. The largest absolute Gasteiger partial charge is 0.371 e. The van der Waals surface area contributed by atoms with Crippen molar-refractivity contribution in [2.45, 2.75) is 23.3 Å². The molecule has 2 unspecified atom stereocenters. The lowest BCUT2D eigenvalue weighted by molar-refractivity contribution is -0.0422. The van der Waals surface area contributed by atoms with Gasteiger partial charge in [-0.05, 0) is 28.9 Å². The van der Waals surface area contributed by atoms with Gasteiger partial charge < -0.3 is 4.74 Å². The smallest absolute Gasteiger partial charge is 0.252 e. The molecule has 1 saturated heterocycles. The highest BCUT2D eigenvalue weighted by molar-refractivity contribution is 9.11. The lowest BCUT2D eigenvalue weighted by atomic mass is 10.3. The number of rotatable bonds is 3. The summed E-state index contributed by atoms with van der Waals surface area (Å²) in [6.07, 6.45) is -0.454. The van der Waals surface area contributed by atoms with Crippen LogP contribution < -0.4 is 0 Å².